The number of imidazole rings is 1. The van der Waals surface area contributed by atoms with Crippen LogP contribution in [0.4, 0.5) is 5.82 Å². The van der Waals surface area contributed by atoms with Gasteiger partial charge in [0.1, 0.15) is 11.8 Å². The van der Waals surface area contributed by atoms with Gasteiger partial charge in [-0.2, -0.15) is 5.10 Å². The standard InChI is InChI=1S/C4H4N4S/c5-3-4-8(1-6-3)7-2-9-4/h1-2H,5H2. The van der Waals surface area contributed by atoms with E-state index in [2.05, 4.69) is 10.1 Å². The minimum absolute atomic E-state index is 0.553. The molecule has 0 amide bonds. The minimum atomic E-state index is 0.553. The molecular weight excluding hydrogens is 136 g/mol. The highest BCUT2D eigenvalue weighted by Crippen LogP contribution is 2.14. The van der Waals surface area contributed by atoms with Crippen molar-refractivity contribution < 1.29 is 0 Å². The predicted octanol–water partition coefficient (Wildman–Crippen LogP) is 0.373. The number of nitrogens with zero attached hydrogens (tertiary/aromatic N) is 3. The third kappa shape index (κ3) is 0.517. The molecule has 0 radical (unpaired) electrons. The number of anilines is 1. The fourth-order valence-corrected chi connectivity index (χ4v) is 1.29. The first-order chi connectivity index (χ1) is 4.38. The predicted molar refractivity (Wildman–Crippen MR) is 35.3 cm³/mol. The van der Waals surface area contributed by atoms with Crippen LogP contribution in [0.3, 0.4) is 0 Å². The van der Waals surface area contributed by atoms with E-state index in [0.29, 0.717) is 5.82 Å². The van der Waals surface area contributed by atoms with Crippen LogP contribution in [-0.2, 0) is 0 Å². The first kappa shape index (κ1) is 4.75. The number of nitrogen functional groups attached to an aromatic ring is 1. The van der Waals surface area contributed by atoms with Gasteiger partial charge in [-0.05, 0) is 0 Å². The molecule has 2 heterocycles. The molecule has 0 aliphatic carbocycles. The zero-order chi connectivity index (χ0) is 6.27. The van der Waals surface area contributed by atoms with E-state index in [9.17, 15) is 0 Å². The average Bonchev–Trinajstić information content (AvgIpc) is 2.35. The maximum atomic E-state index is 5.46. The van der Waals surface area contributed by atoms with E-state index in [1.807, 2.05) is 0 Å². The Bertz CT molecular complexity index is 322. The van der Waals surface area contributed by atoms with Gasteiger partial charge in [0, 0.05) is 0 Å². The second kappa shape index (κ2) is 1.44. The summed E-state index contributed by atoms with van der Waals surface area (Å²) >= 11 is 1.48. The lowest BCUT2D eigenvalue weighted by Crippen LogP contribution is -1.81. The van der Waals surface area contributed by atoms with Crippen molar-refractivity contribution in [2.24, 2.45) is 0 Å². The van der Waals surface area contributed by atoms with Gasteiger partial charge in [-0.1, -0.05) is 11.3 Å². The van der Waals surface area contributed by atoms with Crippen molar-refractivity contribution in [3.8, 4) is 0 Å². The highest BCUT2D eigenvalue weighted by Gasteiger charge is 1.99. The van der Waals surface area contributed by atoms with E-state index < -0.39 is 0 Å². The van der Waals surface area contributed by atoms with Crippen LogP contribution < -0.4 is 5.73 Å². The van der Waals surface area contributed by atoms with Crippen molar-refractivity contribution in [1.29, 1.82) is 0 Å². The maximum Gasteiger partial charge on any atom is 0.163 e. The normalized spacial score (nSPS) is 10.7. The van der Waals surface area contributed by atoms with Crippen molar-refractivity contribution in [3.05, 3.63) is 11.8 Å². The van der Waals surface area contributed by atoms with E-state index in [1.54, 1.807) is 16.4 Å². The molecule has 0 bridgehead atoms. The van der Waals surface area contributed by atoms with Gasteiger partial charge in [-0.15, -0.1) is 0 Å². The van der Waals surface area contributed by atoms with Gasteiger partial charge in [0.05, 0.1) is 0 Å². The Morgan fingerprint density at radius 3 is 3.33 bits per heavy atom. The number of hydrogen-bond acceptors (Lipinski definition) is 4. The van der Waals surface area contributed by atoms with Gasteiger partial charge >= 0.3 is 0 Å². The number of rotatable bonds is 0. The van der Waals surface area contributed by atoms with Crippen molar-refractivity contribution in [1.82, 2.24) is 14.6 Å². The van der Waals surface area contributed by atoms with Gasteiger partial charge in [0.25, 0.3) is 0 Å². The molecule has 0 aliphatic rings. The summed E-state index contributed by atoms with van der Waals surface area (Å²) in [5.41, 5.74) is 7.19. The van der Waals surface area contributed by atoms with Gasteiger partial charge in [0.15, 0.2) is 10.6 Å². The topological polar surface area (TPSA) is 56.2 Å². The maximum absolute atomic E-state index is 5.46. The SMILES string of the molecule is Nc1ncn2ncsc12. The van der Waals surface area contributed by atoms with Crippen LogP contribution in [-0.4, -0.2) is 14.6 Å². The molecular formula is C4H4N4S. The molecule has 0 unspecified atom stereocenters. The van der Waals surface area contributed by atoms with Gasteiger partial charge in [-0.3, -0.25) is 0 Å². The lowest BCUT2D eigenvalue weighted by molar-refractivity contribution is 0.957. The molecule has 9 heavy (non-hydrogen) atoms. The van der Waals surface area contributed by atoms with Gasteiger partial charge < -0.3 is 5.73 Å². The number of nitrogens with two attached hydrogens (primary N) is 1. The summed E-state index contributed by atoms with van der Waals surface area (Å²) in [5, 5.41) is 3.93. The average molecular weight is 140 g/mol. The Labute approximate surface area is 54.9 Å². The monoisotopic (exact) mass is 140 g/mol. The van der Waals surface area contributed by atoms with Crippen LogP contribution in [0.15, 0.2) is 11.8 Å². The molecule has 0 atom stereocenters. The molecule has 0 saturated heterocycles. The van der Waals surface area contributed by atoms with E-state index in [1.165, 1.54) is 11.3 Å². The fourth-order valence-electron chi connectivity index (χ4n) is 0.663. The lowest BCUT2D eigenvalue weighted by Gasteiger charge is -1.75. The fraction of sp³-hybridized carbons (Fsp3) is 0. The Hall–Kier alpha value is -1.10. The Balaban J connectivity index is 2.99. The molecule has 46 valence electrons. The molecule has 5 heteroatoms. The third-order valence-electron chi connectivity index (χ3n) is 1.07. The molecule has 0 spiro atoms. The van der Waals surface area contributed by atoms with E-state index in [4.69, 9.17) is 5.73 Å². The summed E-state index contributed by atoms with van der Waals surface area (Å²) in [7, 11) is 0. The highest BCUT2D eigenvalue weighted by atomic mass is 32.1. The zero-order valence-corrected chi connectivity index (χ0v) is 5.30. The Morgan fingerprint density at radius 1 is 1.67 bits per heavy atom. The lowest BCUT2D eigenvalue weighted by atomic mass is 10.8. The number of aromatic nitrogens is 3. The molecule has 2 aromatic heterocycles. The van der Waals surface area contributed by atoms with Crippen LogP contribution in [0.25, 0.3) is 4.83 Å². The summed E-state index contributed by atoms with van der Waals surface area (Å²) in [6.45, 7) is 0. The van der Waals surface area contributed by atoms with Crippen molar-refractivity contribution in [3.63, 3.8) is 0 Å². The molecule has 2 N–H and O–H groups in total. The third-order valence-corrected chi connectivity index (χ3v) is 1.89. The Kier molecular flexibility index (Phi) is 0.762. The molecule has 2 aromatic rings. The summed E-state index contributed by atoms with van der Waals surface area (Å²) in [4.78, 5) is 4.76. The summed E-state index contributed by atoms with van der Waals surface area (Å²) in [6.07, 6.45) is 1.60. The van der Waals surface area contributed by atoms with Crippen LogP contribution in [0, 0.1) is 0 Å². The van der Waals surface area contributed by atoms with Crippen molar-refractivity contribution in [2.75, 3.05) is 5.73 Å². The van der Waals surface area contributed by atoms with Crippen molar-refractivity contribution in [2.45, 2.75) is 0 Å². The first-order valence-electron chi connectivity index (χ1n) is 2.40. The molecule has 0 fully saturated rings. The molecule has 0 aromatic carbocycles. The van der Waals surface area contributed by atoms with Crippen molar-refractivity contribution >= 4 is 22.0 Å². The van der Waals surface area contributed by atoms with Gasteiger partial charge in [0.2, 0.25) is 0 Å². The molecule has 0 aliphatic heterocycles. The quantitative estimate of drug-likeness (QED) is 0.575. The Morgan fingerprint density at radius 2 is 2.56 bits per heavy atom. The second-order valence-electron chi connectivity index (χ2n) is 1.62. The second-order valence-corrected chi connectivity index (χ2v) is 2.45. The van der Waals surface area contributed by atoms with E-state index in [0.717, 1.165) is 4.83 Å². The molecule has 2 rings (SSSR count). The van der Waals surface area contributed by atoms with E-state index in [-0.39, 0.29) is 0 Å². The smallest absolute Gasteiger partial charge is 0.163 e. The minimum Gasteiger partial charge on any atom is -0.381 e. The molecule has 0 saturated carbocycles. The molecule has 4 nitrogen and oxygen atoms in total. The zero-order valence-electron chi connectivity index (χ0n) is 4.48. The van der Waals surface area contributed by atoms with Crippen LogP contribution in [0.2, 0.25) is 0 Å². The van der Waals surface area contributed by atoms with Crippen LogP contribution in [0.5, 0.6) is 0 Å². The van der Waals surface area contributed by atoms with Gasteiger partial charge in [-0.25, -0.2) is 9.50 Å². The summed E-state index contributed by atoms with van der Waals surface area (Å²) in [6, 6.07) is 0. The van der Waals surface area contributed by atoms with Crippen LogP contribution >= 0.6 is 11.3 Å². The highest BCUT2D eigenvalue weighted by molar-refractivity contribution is 7.15. The summed E-state index contributed by atoms with van der Waals surface area (Å²) in [5.74, 6) is 0.553. The summed E-state index contributed by atoms with van der Waals surface area (Å²) < 4.78 is 1.65. The van der Waals surface area contributed by atoms with E-state index >= 15 is 0 Å². The number of hydrogen-bond donors (Lipinski definition) is 1. The number of fused-ring (bicyclic) bond motifs is 1. The van der Waals surface area contributed by atoms with Crippen LogP contribution in [0.1, 0.15) is 0 Å². The first-order valence-corrected chi connectivity index (χ1v) is 3.28. The largest absolute Gasteiger partial charge is 0.381 e.